The van der Waals surface area contributed by atoms with Crippen LogP contribution in [0.15, 0.2) is 184 Å². The highest BCUT2D eigenvalue weighted by molar-refractivity contribution is 7.95. The third-order valence-electron chi connectivity index (χ3n) is 18.7. The lowest BCUT2D eigenvalue weighted by molar-refractivity contribution is 0.0255. The third kappa shape index (κ3) is 5.06. The number of fused-ring (bicyclic) bond motifs is 18. The molecule has 3 fully saturated rings. The first-order valence-electron chi connectivity index (χ1n) is 26.0. The Hall–Kier alpha value is -7.41. The fraction of sp³-hybridized carbons (Fsp3) is 0.182. The summed E-state index contributed by atoms with van der Waals surface area (Å²) in [7, 11) is 0.155. The van der Waals surface area contributed by atoms with Crippen molar-refractivity contribution in [2.24, 2.45) is 23.7 Å². The molecular weight excluding hydrogens is 896 g/mol. The van der Waals surface area contributed by atoms with Crippen molar-refractivity contribution in [3.63, 3.8) is 0 Å². The van der Waals surface area contributed by atoms with Gasteiger partial charge in [0, 0.05) is 72.0 Å². The zero-order valence-electron chi connectivity index (χ0n) is 40.8. The Balaban J connectivity index is 0.974. The summed E-state index contributed by atoms with van der Waals surface area (Å²) in [6, 6.07) is 65.1. The number of benzene rings is 9. The summed E-state index contributed by atoms with van der Waals surface area (Å²) in [4.78, 5) is 6.47. The van der Waals surface area contributed by atoms with Gasteiger partial charge in [-0.3, -0.25) is 0 Å². The molecule has 2 aliphatic heterocycles. The molecule has 4 nitrogen and oxygen atoms in total. The minimum absolute atomic E-state index is 0.0996. The van der Waals surface area contributed by atoms with Gasteiger partial charge in [-0.15, -0.1) is 0 Å². The Morgan fingerprint density at radius 1 is 0.500 bits per heavy atom. The Morgan fingerprint density at radius 2 is 1.10 bits per heavy atom. The molecule has 0 amide bonds. The standard InChI is InChI=1S/C66H50BN2O2S/c1-36-13-19-42(20-14-36)68-57-31-50-46-10-6-8-12-61(46)70-63(50)34-55(57)67-56-35-64-51(49-30-48-45-9-5-7-11-52(45)66(54(48)33-62(49)71-64)41-25-40-26-53(66)47(40)29-41)32-58(56)69(43-21-15-37(2)16-22-43)60-28-39(27-59(68)65(60)67)38-17-23-44(24-18-38)72(3)4/h5-24,27-28,30-35,40-41,47,53H,25-26,29H2,1-4H3/q+1. The molecular formula is C66H50BN2O2S+. The lowest BCUT2D eigenvalue weighted by atomic mass is 9.33. The minimum Gasteiger partial charge on any atom is -0.456 e. The molecule has 11 aromatic rings. The van der Waals surface area contributed by atoms with Gasteiger partial charge in [0.25, 0.3) is 6.71 Å². The van der Waals surface area contributed by atoms with Gasteiger partial charge in [-0.05, 0) is 210 Å². The first-order chi connectivity index (χ1) is 35.3. The Morgan fingerprint density at radius 3 is 1.74 bits per heavy atom. The van der Waals surface area contributed by atoms with Crippen LogP contribution in [0.2, 0.25) is 0 Å². The molecule has 6 aliphatic rings. The van der Waals surface area contributed by atoms with Crippen molar-refractivity contribution in [2.45, 2.75) is 43.4 Å². The number of furan rings is 2. The number of para-hydroxylation sites is 1. The Bertz CT molecular complexity index is 4180. The molecule has 5 unspecified atom stereocenters. The molecule has 0 saturated heterocycles. The van der Waals surface area contributed by atoms with Gasteiger partial charge < -0.3 is 18.6 Å². The monoisotopic (exact) mass is 945 g/mol. The molecule has 2 aromatic heterocycles. The van der Waals surface area contributed by atoms with Gasteiger partial charge in [0.15, 0.2) is 4.90 Å². The fourth-order valence-electron chi connectivity index (χ4n) is 15.6. The Labute approximate surface area is 422 Å². The van der Waals surface area contributed by atoms with Gasteiger partial charge in [-0.2, -0.15) is 0 Å². The van der Waals surface area contributed by atoms with E-state index in [0.717, 1.165) is 67.6 Å². The summed E-state index contributed by atoms with van der Waals surface area (Å²) in [5, 5.41) is 4.61. The second kappa shape index (κ2) is 14.0. The van der Waals surface area contributed by atoms with Crippen LogP contribution in [0.25, 0.3) is 66.1 Å². The van der Waals surface area contributed by atoms with Gasteiger partial charge in [0.05, 0.1) is 0 Å². The fourth-order valence-corrected chi connectivity index (χ4v) is 16.3. The van der Waals surface area contributed by atoms with Crippen molar-refractivity contribution < 1.29 is 8.83 Å². The van der Waals surface area contributed by atoms with E-state index in [0.29, 0.717) is 5.92 Å². The van der Waals surface area contributed by atoms with Crippen LogP contribution < -0.4 is 26.2 Å². The number of hydrogen-bond acceptors (Lipinski definition) is 4. The van der Waals surface area contributed by atoms with Crippen molar-refractivity contribution in [1.82, 2.24) is 0 Å². The summed E-state index contributed by atoms with van der Waals surface area (Å²) in [6.45, 7) is 4.23. The molecule has 17 rings (SSSR count). The van der Waals surface area contributed by atoms with Crippen LogP contribution >= 0.6 is 0 Å². The van der Waals surface area contributed by atoms with Crippen LogP contribution in [0.1, 0.15) is 41.5 Å². The maximum absolute atomic E-state index is 7.32. The first kappa shape index (κ1) is 40.2. The molecule has 0 radical (unpaired) electrons. The molecule has 1 spiro atoms. The highest BCUT2D eigenvalue weighted by Crippen LogP contribution is 2.76. The third-order valence-corrected chi connectivity index (χ3v) is 19.9. The summed E-state index contributed by atoms with van der Waals surface area (Å²) in [5.74, 6) is 3.24. The Kier molecular flexibility index (Phi) is 7.80. The zero-order valence-corrected chi connectivity index (χ0v) is 41.6. The number of aryl methyl sites for hydroxylation is 2. The van der Waals surface area contributed by atoms with E-state index >= 15 is 0 Å². The SMILES string of the molecule is Cc1ccc(N2c3cc4c(cc3B3c5cc6oc7cc8c(cc7c6cc5N(c5ccc(C)cc5)c5cc(-c6ccc([S+](C)C)cc6)cc2c53)-c2ccccc2C82C3CC5CC2C5C3)oc2ccccc24)cc1. The number of nitrogens with zero attached hydrogens (tertiary/aromatic N) is 2. The number of hydrogen-bond donors (Lipinski definition) is 0. The maximum atomic E-state index is 7.32. The van der Waals surface area contributed by atoms with Crippen LogP contribution in [-0.4, -0.2) is 19.2 Å². The quantitative estimate of drug-likeness (QED) is 0.130. The highest BCUT2D eigenvalue weighted by Gasteiger charge is 2.70. The molecule has 72 heavy (non-hydrogen) atoms. The van der Waals surface area contributed by atoms with Crippen LogP contribution in [0.5, 0.6) is 0 Å². The van der Waals surface area contributed by atoms with Crippen LogP contribution in [0.3, 0.4) is 0 Å². The van der Waals surface area contributed by atoms with E-state index in [1.54, 1.807) is 5.56 Å². The number of anilines is 6. The molecule has 9 aromatic carbocycles. The van der Waals surface area contributed by atoms with Gasteiger partial charge in [-0.25, -0.2) is 0 Å². The van der Waals surface area contributed by atoms with Crippen LogP contribution in [-0.2, 0) is 16.3 Å². The maximum Gasteiger partial charge on any atom is 0.252 e. The second-order valence-electron chi connectivity index (χ2n) is 22.3. The van der Waals surface area contributed by atoms with E-state index in [9.17, 15) is 0 Å². The highest BCUT2D eigenvalue weighted by atomic mass is 32.2. The van der Waals surface area contributed by atoms with Gasteiger partial charge in [0.1, 0.15) is 34.8 Å². The van der Waals surface area contributed by atoms with Crippen molar-refractivity contribution in [3.05, 3.63) is 192 Å². The molecule has 5 atom stereocenters. The van der Waals surface area contributed by atoms with E-state index in [-0.39, 0.29) is 23.0 Å². The van der Waals surface area contributed by atoms with Crippen molar-refractivity contribution in [2.75, 3.05) is 22.3 Å². The van der Waals surface area contributed by atoms with Crippen molar-refractivity contribution >= 4 is 112 Å². The van der Waals surface area contributed by atoms with E-state index in [1.807, 2.05) is 0 Å². The summed E-state index contributed by atoms with van der Waals surface area (Å²) < 4.78 is 14.1. The van der Waals surface area contributed by atoms with Crippen LogP contribution in [0.4, 0.5) is 34.1 Å². The number of rotatable bonds is 4. The summed E-state index contributed by atoms with van der Waals surface area (Å²) in [5.41, 5.74) is 25.4. The van der Waals surface area contributed by atoms with E-state index in [4.69, 9.17) is 8.83 Å². The molecule has 6 heteroatoms. The summed E-state index contributed by atoms with van der Waals surface area (Å²) in [6.07, 6.45) is 8.72. The topological polar surface area (TPSA) is 32.8 Å². The first-order valence-corrected chi connectivity index (χ1v) is 28.0. The summed E-state index contributed by atoms with van der Waals surface area (Å²) >= 11 is 0. The molecule has 4 heterocycles. The van der Waals surface area contributed by atoms with E-state index in [2.05, 4.69) is 206 Å². The van der Waals surface area contributed by atoms with Crippen LogP contribution in [0, 0.1) is 37.5 Å². The molecule has 4 aliphatic carbocycles. The lowest BCUT2D eigenvalue weighted by Crippen LogP contribution is -2.61. The average Bonchev–Trinajstić information content (AvgIpc) is 4.17. The van der Waals surface area contributed by atoms with Gasteiger partial charge in [-0.1, -0.05) is 77.9 Å². The predicted molar refractivity (Wildman–Crippen MR) is 301 cm³/mol. The smallest absolute Gasteiger partial charge is 0.252 e. The zero-order chi connectivity index (χ0) is 47.5. The predicted octanol–water partition coefficient (Wildman–Crippen LogP) is 15.0. The van der Waals surface area contributed by atoms with Crippen molar-refractivity contribution in [3.8, 4) is 22.3 Å². The minimum atomic E-state index is -0.127. The van der Waals surface area contributed by atoms with Gasteiger partial charge >= 0.3 is 0 Å². The van der Waals surface area contributed by atoms with E-state index < -0.39 is 0 Å². The average molecular weight is 946 g/mol. The van der Waals surface area contributed by atoms with Crippen molar-refractivity contribution in [1.29, 1.82) is 0 Å². The molecule has 3 saturated carbocycles. The normalized spacial score (nSPS) is 21.5. The molecule has 0 N–H and O–H groups in total. The largest absolute Gasteiger partial charge is 0.456 e. The second-order valence-corrected chi connectivity index (χ2v) is 24.4. The van der Waals surface area contributed by atoms with Gasteiger partial charge in [0.2, 0.25) is 0 Å². The molecule has 2 bridgehead atoms. The molecule has 344 valence electrons. The lowest BCUT2D eigenvalue weighted by Gasteiger charge is -2.54. The van der Waals surface area contributed by atoms with E-state index in [1.165, 1.54) is 108 Å².